The van der Waals surface area contributed by atoms with Crippen LogP contribution in [0.1, 0.15) is 17.4 Å². The molecule has 8 heteroatoms. The van der Waals surface area contributed by atoms with Crippen LogP contribution in [0.15, 0.2) is 18.5 Å². The monoisotopic (exact) mass is 303 g/mol. The predicted molar refractivity (Wildman–Crippen MR) is 78.4 cm³/mol. The molecule has 0 aromatic carbocycles. The molecule has 3 heterocycles. The van der Waals surface area contributed by atoms with Crippen LogP contribution >= 0.6 is 0 Å². The molecule has 2 aromatic rings. The van der Waals surface area contributed by atoms with Gasteiger partial charge in [-0.05, 0) is 13.0 Å². The second-order valence-electron chi connectivity index (χ2n) is 4.97. The minimum atomic E-state index is -0.330. The third-order valence-corrected chi connectivity index (χ3v) is 3.66. The van der Waals surface area contributed by atoms with E-state index in [4.69, 9.17) is 4.74 Å². The summed E-state index contributed by atoms with van der Waals surface area (Å²) in [4.78, 5) is 31.5. The molecule has 1 aliphatic rings. The van der Waals surface area contributed by atoms with Gasteiger partial charge in [-0.25, -0.2) is 4.79 Å². The maximum Gasteiger partial charge on any atom is 0.409 e. The van der Waals surface area contributed by atoms with Gasteiger partial charge in [0.05, 0.1) is 17.5 Å². The van der Waals surface area contributed by atoms with Gasteiger partial charge < -0.3 is 14.5 Å². The van der Waals surface area contributed by atoms with Crippen molar-refractivity contribution in [1.29, 1.82) is 0 Å². The van der Waals surface area contributed by atoms with E-state index in [1.54, 1.807) is 35.2 Å². The Morgan fingerprint density at radius 1 is 1.27 bits per heavy atom. The summed E-state index contributed by atoms with van der Waals surface area (Å²) >= 11 is 0. The van der Waals surface area contributed by atoms with E-state index < -0.39 is 0 Å². The number of aromatic nitrogens is 3. The van der Waals surface area contributed by atoms with Crippen LogP contribution in [-0.2, 0) is 4.74 Å². The fourth-order valence-corrected chi connectivity index (χ4v) is 2.48. The number of carbonyl (C=O) groups is 2. The first-order chi connectivity index (χ1) is 10.7. The van der Waals surface area contributed by atoms with Gasteiger partial charge in [0.1, 0.15) is 0 Å². The topological polar surface area (TPSA) is 91.4 Å². The number of rotatable bonds is 2. The number of amides is 2. The van der Waals surface area contributed by atoms with Crippen molar-refractivity contribution in [2.75, 3.05) is 32.8 Å². The zero-order valence-corrected chi connectivity index (χ0v) is 12.3. The molecule has 22 heavy (non-hydrogen) atoms. The number of aromatic amines is 1. The van der Waals surface area contributed by atoms with E-state index >= 15 is 0 Å². The van der Waals surface area contributed by atoms with Crippen LogP contribution in [0.3, 0.4) is 0 Å². The number of hydrogen-bond acceptors (Lipinski definition) is 5. The summed E-state index contributed by atoms with van der Waals surface area (Å²) in [5.41, 5.74) is 1.15. The van der Waals surface area contributed by atoms with E-state index in [1.807, 2.05) is 0 Å². The van der Waals surface area contributed by atoms with Crippen molar-refractivity contribution in [2.24, 2.45) is 0 Å². The summed E-state index contributed by atoms with van der Waals surface area (Å²) in [6, 6.07) is 1.78. The Morgan fingerprint density at radius 3 is 2.73 bits per heavy atom. The SMILES string of the molecule is CCOC(=O)N1CCN(C(=O)c2n[nH]c3ccncc23)CC1. The average Bonchev–Trinajstić information content (AvgIpc) is 2.98. The normalized spacial score (nSPS) is 15.1. The zero-order chi connectivity index (χ0) is 15.5. The second-order valence-corrected chi connectivity index (χ2v) is 4.97. The number of hydrogen-bond donors (Lipinski definition) is 1. The van der Waals surface area contributed by atoms with Crippen LogP contribution in [-0.4, -0.2) is 69.8 Å². The van der Waals surface area contributed by atoms with Crippen LogP contribution in [0.2, 0.25) is 0 Å². The smallest absolute Gasteiger partial charge is 0.409 e. The number of nitrogens with zero attached hydrogens (tertiary/aromatic N) is 4. The van der Waals surface area contributed by atoms with Crippen molar-refractivity contribution >= 4 is 22.9 Å². The van der Waals surface area contributed by atoms with Crippen LogP contribution < -0.4 is 0 Å². The molecule has 0 radical (unpaired) electrons. The maximum absolute atomic E-state index is 12.6. The highest BCUT2D eigenvalue weighted by Crippen LogP contribution is 2.16. The number of nitrogens with one attached hydrogen (secondary N) is 1. The molecule has 2 aromatic heterocycles. The highest BCUT2D eigenvalue weighted by Gasteiger charge is 2.27. The third kappa shape index (κ3) is 2.59. The maximum atomic E-state index is 12.6. The molecule has 1 N–H and O–H groups in total. The number of piperazine rings is 1. The molecular formula is C14H17N5O3. The standard InChI is InChI=1S/C14H17N5O3/c1-2-22-14(21)19-7-5-18(6-8-19)13(20)12-10-9-15-4-3-11(10)16-17-12/h3-4,9H,2,5-8H2,1H3,(H,16,17). The number of fused-ring (bicyclic) bond motifs is 1. The van der Waals surface area contributed by atoms with Gasteiger partial charge in [-0.2, -0.15) is 5.10 Å². The van der Waals surface area contributed by atoms with E-state index in [9.17, 15) is 9.59 Å². The van der Waals surface area contributed by atoms with Gasteiger partial charge in [-0.1, -0.05) is 0 Å². The van der Waals surface area contributed by atoms with Gasteiger partial charge in [0.25, 0.3) is 5.91 Å². The lowest BCUT2D eigenvalue weighted by atomic mass is 10.2. The van der Waals surface area contributed by atoms with E-state index in [1.165, 1.54) is 0 Å². The van der Waals surface area contributed by atoms with Crippen molar-refractivity contribution in [3.63, 3.8) is 0 Å². The minimum Gasteiger partial charge on any atom is -0.450 e. The molecule has 0 unspecified atom stereocenters. The summed E-state index contributed by atoms with van der Waals surface area (Å²) < 4.78 is 4.96. The molecule has 1 fully saturated rings. The first kappa shape index (κ1) is 14.3. The Kier molecular flexibility index (Phi) is 3.90. The fourth-order valence-electron chi connectivity index (χ4n) is 2.48. The first-order valence-electron chi connectivity index (χ1n) is 7.19. The Labute approximate surface area is 127 Å². The van der Waals surface area contributed by atoms with E-state index in [0.717, 1.165) is 5.52 Å². The molecule has 8 nitrogen and oxygen atoms in total. The first-order valence-corrected chi connectivity index (χ1v) is 7.19. The molecule has 0 spiro atoms. The van der Waals surface area contributed by atoms with Crippen LogP contribution in [0.4, 0.5) is 4.79 Å². The van der Waals surface area contributed by atoms with Crippen molar-refractivity contribution in [3.8, 4) is 0 Å². The van der Waals surface area contributed by atoms with Crippen molar-refractivity contribution in [3.05, 3.63) is 24.2 Å². The van der Waals surface area contributed by atoms with Gasteiger partial charge in [-0.3, -0.25) is 14.9 Å². The summed E-state index contributed by atoms with van der Waals surface area (Å²) in [5, 5.41) is 7.63. The zero-order valence-electron chi connectivity index (χ0n) is 12.3. The van der Waals surface area contributed by atoms with E-state index in [0.29, 0.717) is 43.9 Å². The summed E-state index contributed by atoms with van der Waals surface area (Å²) in [6.45, 7) is 3.98. The van der Waals surface area contributed by atoms with Crippen LogP contribution in [0.5, 0.6) is 0 Å². The van der Waals surface area contributed by atoms with Gasteiger partial charge in [0.15, 0.2) is 5.69 Å². The molecule has 0 saturated carbocycles. The Balaban J connectivity index is 1.69. The van der Waals surface area contributed by atoms with E-state index in [2.05, 4.69) is 15.2 Å². The average molecular weight is 303 g/mol. The molecule has 0 atom stereocenters. The molecule has 2 amide bonds. The number of carbonyl (C=O) groups excluding carboxylic acids is 2. The van der Waals surface area contributed by atoms with Gasteiger partial charge >= 0.3 is 6.09 Å². The van der Waals surface area contributed by atoms with Gasteiger partial charge in [0.2, 0.25) is 0 Å². The molecular weight excluding hydrogens is 286 g/mol. The van der Waals surface area contributed by atoms with E-state index in [-0.39, 0.29) is 12.0 Å². The largest absolute Gasteiger partial charge is 0.450 e. The quantitative estimate of drug-likeness (QED) is 0.889. The van der Waals surface area contributed by atoms with Crippen LogP contribution in [0.25, 0.3) is 10.9 Å². The molecule has 0 bridgehead atoms. The Morgan fingerprint density at radius 2 is 2.00 bits per heavy atom. The highest BCUT2D eigenvalue weighted by molar-refractivity contribution is 6.04. The number of ether oxygens (including phenoxy) is 1. The fraction of sp³-hybridized carbons (Fsp3) is 0.429. The number of H-pyrrole nitrogens is 1. The lowest BCUT2D eigenvalue weighted by Gasteiger charge is -2.33. The summed E-state index contributed by atoms with van der Waals surface area (Å²) in [7, 11) is 0. The molecule has 116 valence electrons. The van der Waals surface area contributed by atoms with Crippen molar-refractivity contribution < 1.29 is 14.3 Å². The van der Waals surface area contributed by atoms with Gasteiger partial charge in [0, 0.05) is 38.6 Å². The van der Waals surface area contributed by atoms with Crippen molar-refractivity contribution in [1.82, 2.24) is 25.0 Å². The third-order valence-electron chi connectivity index (χ3n) is 3.66. The second kappa shape index (κ2) is 6.00. The molecule has 0 aliphatic carbocycles. The molecule has 3 rings (SSSR count). The lowest BCUT2D eigenvalue weighted by Crippen LogP contribution is -2.50. The Bertz CT molecular complexity index is 691. The van der Waals surface area contributed by atoms with Crippen molar-refractivity contribution in [2.45, 2.75) is 6.92 Å². The predicted octanol–water partition coefficient (Wildman–Crippen LogP) is 0.872. The van der Waals surface area contributed by atoms with Gasteiger partial charge in [-0.15, -0.1) is 0 Å². The van der Waals surface area contributed by atoms with Crippen LogP contribution in [0, 0.1) is 0 Å². The molecule has 1 aliphatic heterocycles. The summed E-state index contributed by atoms with van der Waals surface area (Å²) in [5.74, 6) is -0.150. The summed E-state index contributed by atoms with van der Waals surface area (Å²) in [6.07, 6.45) is 2.94. The minimum absolute atomic E-state index is 0.150. The molecule has 1 saturated heterocycles. The highest BCUT2D eigenvalue weighted by atomic mass is 16.6. The Hall–Kier alpha value is -2.64. The number of pyridine rings is 1. The lowest BCUT2D eigenvalue weighted by molar-refractivity contribution is 0.0567.